The van der Waals surface area contributed by atoms with Gasteiger partial charge in [0, 0.05) is 5.41 Å². The zero-order valence-electron chi connectivity index (χ0n) is 8.10. The highest BCUT2D eigenvalue weighted by molar-refractivity contribution is 4.84. The maximum Gasteiger partial charge on any atom is 0.170 e. The van der Waals surface area contributed by atoms with Gasteiger partial charge < -0.3 is 9.47 Å². The van der Waals surface area contributed by atoms with Crippen molar-refractivity contribution in [2.75, 3.05) is 6.61 Å². The van der Waals surface area contributed by atoms with Crippen LogP contribution in [0.5, 0.6) is 0 Å². The van der Waals surface area contributed by atoms with Crippen LogP contribution in [0.15, 0.2) is 0 Å². The molecule has 0 N–H and O–H groups in total. The molecule has 1 rings (SSSR count). The van der Waals surface area contributed by atoms with Crippen LogP contribution in [-0.2, 0) is 9.47 Å². The summed E-state index contributed by atoms with van der Waals surface area (Å²) in [6, 6.07) is 0. The first kappa shape index (κ1) is 9.01. The van der Waals surface area contributed by atoms with Gasteiger partial charge in [-0.3, -0.25) is 0 Å². The molecule has 0 unspecified atom stereocenters. The minimum Gasteiger partial charge on any atom is -0.347 e. The van der Waals surface area contributed by atoms with Crippen LogP contribution in [0.1, 0.15) is 34.6 Å². The fraction of sp³-hybridized carbons (Fsp3) is 1.00. The molecule has 0 aromatic carbocycles. The summed E-state index contributed by atoms with van der Waals surface area (Å²) in [6.07, 6.45) is 0.235. The summed E-state index contributed by atoms with van der Waals surface area (Å²) in [7, 11) is 0. The van der Waals surface area contributed by atoms with Crippen molar-refractivity contribution in [3.05, 3.63) is 0 Å². The molecule has 2 atom stereocenters. The fourth-order valence-corrected chi connectivity index (χ4v) is 1.12. The zero-order chi connectivity index (χ0) is 8.70. The van der Waals surface area contributed by atoms with Gasteiger partial charge in [0.1, 0.15) is 0 Å². The molecule has 2 nitrogen and oxygen atoms in total. The third kappa shape index (κ3) is 1.57. The fourth-order valence-electron chi connectivity index (χ4n) is 1.12. The Morgan fingerprint density at radius 1 is 1.36 bits per heavy atom. The molecule has 0 saturated carbocycles. The van der Waals surface area contributed by atoms with Crippen molar-refractivity contribution in [1.29, 1.82) is 0 Å². The Morgan fingerprint density at radius 2 is 1.91 bits per heavy atom. The van der Waals surface area contributed by atoms with Crippen molar-refractivity contribution in [3.8, 4) is 0 Å². The molecular weight excluding hydrogens is 140 g/mol. The molecule has 0 aromatic heterocycles. The standard InChI is InChI=1S/C9H18O2/c1-7-6-10-9(5,11-7)8(2,3)4/h7H,6H2,1-5H3/t7-,9-/m1/s1. The number of hydrogen-bond acceptors (Lipinski definition) is 2. The van der Waals surface area contributed by atoms with Gasteiger partial charge in [0.15, 0.2) is 5.79 Å². The Morgan fingerprint density at radius 3 is 2.09 bits per heavy atom. The first-order valence-corrected chi connectivity index (χ1v) is 4.17. The van der Waals surface area contributed by atoms with Gasteiger partial charge in [-0.15, -0.1) is 0 Å². The smallest absolute Gasteiger partial charge is 0.170 e. The van der Waals surface area contributed by atoms with Crippen LogP contribution < -0.4 is 0 Å². The van der Waals surface area contributed by atoms with E-state index in [0.29, 0.717) is 6.61 Å². The van der Waals surface area contributed by atoms with E-state index in [1.807, 2.05) is 13.8 Å². The number of ether oxygens (including phenoxy) is 2. The van der Waals surface area contributed by atoms with Crippen LogP contribution in [0, 0.1) is 5.41 Å². The monoisotopic (exact) mass is 158 g/mol. The molecule has 0 radical (unpaired) electrons. The SMILES string of the molecule is C[C@@H]1CO[C@@](C)(C(C)(C)C)O1. The number of hydrogen-bond donors (Lipinski definition) is 0. The molecule has 0 amide bonds. The van der Waals surface area contributed by atoms with Gasteiger partial charge in [-0.2, -0.15) is 0 Å². The summed E-state index contributed by atoms with van der Waals surface area (Å²) in [5, 5.41) is 0. The lowest BCUT2D eigenvalue weighted by molar-refractivity contribution is -0.216. The molecule has 66 valence electrons. The lowest BCUT2D eigenvalue weighted by atomic mass is 9.87. The van der Waals surface area contributed by atoms with Gasteiger partial charge in [-0.05, 0) is 13.8 Å². The third-order valence-electron chi connectivity index (χ3n) is 2.38. The molecule has 11 heavy (non-hydrogen) atoms. The molecule has 1 aliphatic rings. The van der Waals surface area contributed by atoms with Crippen molar-refractivity contribution in [1.82, 2.24) is 0 Å². The van der Waals surface area contributed by atoms with Crippen molar-refractivity contribution < 1.29 is 9.47 Å². The first-order chi connectivity index (χ1) is 4.85. The third-order valence-corrected chi connectivity index (χ3v) is 2.38. The zero-order valence-corrected chi connectivity index (χ0v) is 8.10. The minimum atomic E-state index is -0.396. The second-order valence-corrected chi connectivity index (χ2v) is 4.44. The van der Waals surface area contributed by atoms with E-state index < -0.39 is 5.79 Å². The minimum absolute atomic E-state index is 0.0533. The highest BCUT2D eigenvalue weighted by atomic mass is 16.7. The maximum absolute atomic E-state index is 5.69. The van der Waals surface area contributed by atoms with Gasteiger partial charge in [0.05, 0.1) is 12.7 Å². The molecule has 1 heterocycles. The molecule has 0 bridgehead atoms. The van der Waals surface area contributed by atoms with E-state index in [1.165, 1.54) is 0 Å². The predicted molar refractivity (Wildman–Crippen MR) is 44.4 cm³/mol. The molecule has 0 spiro atoms. The van der Waals surface area contributed by atoms with E-state index in [1.54, 1.807) is 0 Å². The highest BCUT2D eigenvalue weighted by Crippen LogP contribution is 2.39. The topological polar surface area (TPSA) is 18.5 Å². The lowest BCUT2D eigenvalue weighted by Crippen LogP contribution is -2.41. The van der Waals surface area contributed by atoms with Crippen LogP contribution in [-0.4, -0.2) is 18.5 Å². The largest absolute Gasteiger partial charge is 0.347 e. The van der Waals surface area contributed by atoms with Gasteiger partial charge in [0.25, 0.3) is 0 Å². The predicted octanol–water partition coefficient (Wildman–Crippen LogP) is 2.18. The van der Waals surface area contributed by atoms with Crippen LogP contribution >= 0.6 is 0 Å². The quantitative estimate of drug-likeness (QED) is 0.538. The second kappa shape index (κ2) is 2.46. The van der Waals surface area contributed by atoms with Crippen LogP contribution in [0.4, 0.5) is 0 Å². The molecule has 1 saturated heterocycles. The second-order valence-electron chi connectivity index (χ2n) is 4.44. The lowest BCUT2D eigenvalue weighted by Gasteiger charge is -2.36. The van der Waals surface area contributed by atoms with Gasteiger partial charge in [-0.1, -0.05) is 20.8 Å². The molecule has 0 aromatic rings. The van der Waals surface area contributed by atoms with Gasteiger partial charge in [-0.25, -0.2) is 0 Å². The number of rotatable bonds is 0. The van der Waals surface area contributed by atoms with Gasteiger partial charge >= 0.3 is 0 Å². The summed E-state index contributed by atoms with van der Waals surface area (Å²) in [6.45, 7) is 11.2. The Labute approximate surface area is 68.9 Å². The molecule has 0 aliphatic carbocycles. The summed E-state index contributed by atoms with van der Waals surface area (Å²) >= 11 is 0. The summed E-state index contributed by atoms with van der Waals surface area (Å²) in [4.78, 5) is 0. The normalized spacial score (nSPS) is 39.5. The van der Waals surface area contributed by atoms with Crippen LogP contribution in [0.2, 0.25) is 0 Å². The molecular formula is C9H18O2. The molecule has 2 heteroatoms. The molecule has 1 fully saturated rings. The Balaban J connectivity index is 2.69. The van der Waals surface area contributed by atoms with E-state index >= 15 is 0 Å². The van der Waals surface area contributed by atoms with Crippen LogP contribution in [0.25, 0.3) is 0 Å². The molecule has 1 aliphatic heterocycles. The Hall–Kier alpha value is -0.0800. The van der Waals surface area contributed by atoms with E-state index in [0.717, 1.165) is 0 Å². The average Bonchev–Trinajstić information content (AvgIpc) is 2.10. The Kier molecular flexibility index (Phi) is 2.01. The summed E-state index contributed by atoms with van der Waals surface area (Å²) in [5.41, 5.74) is 0.0533. The van der Waals surface area contributed by atoms with Crippen molar-refractivity contribution in [2.45, 2.75) is 46.5 Å². The Bertz CT molecular complexity index is 148. The average molecular weight is 158 g/mol. The van der Waals surface area contributed by atoms with Gasteiger partial charge in [0.2, 0.25) is 0 Å². The summed E-state index contributed by atoms with van der Waals surface area (Å²) in [5.74, 6) is -0.396. The van der Waals surface area contributed by atoms with Crippen molar-refractivity contribution in [2.24, 2.45) is 5.41 Å². The van der Waals surface area contributed by atoms with E-state index in [9.17, 15) is 0 Å². The van der Waals surface area contributed by atoms with E-state index in [-0.39, 0.29) is 11.5 Å². The van der Waals surface area contributed by atoms with Crippen molar-refractivity contribution >= 4 is 0 Å². The first-order valence-electron chi connectivity index (χ1n) is 4.17. The summed E-state index contributed by atoms with van der Waals surface area (Å²) < 4.78 is 11.3. The van der Waals surface area contributed by atoms with Crippen LogP contribution in [0.3, 0.4) is 0 Å². The van der Waals surface area contributed by atoms with E-state index in [2.05, 4.69) is 20.8 Å². The van der Waals surface area contributed by atoms with Crippen molar-refractivity contribution in [3.63, 3.8) is 0 Å². The van der Waals surface area contributed by atoms with E-state index in [4.69, 9.17) is 9.47 Å². The maximum atomic E-state index is 5.69. The highest BCUT2D eigenvalue weighted by Gasteiger charge is 2.45.